The van der Waals surface area contributed by atoms with Crippen molar-refractivity contribution >= 4 is 5.78 Å². The van der Waals surface area contributed by atoms with Gasteiger partial charge in [-0.25, -0.2) is 0 Å². The highest BCUT2D eigenvalue weighted by Crippen LogP contribution is 2.61. The Morgan fingerprint density at radius 3 is 2.04 bits per heavy atom. The fourth-order valence-corrected chi connectivity index (χ4v) is 5.54. The molecule has 4 atom stereocenters. The third-order valence-corrected chi connectivity index (χ3v) is 6.20. The Bertz CT molecular complexity index is 767. The smallest absolute Gasteiger partial charge is 0.139 e. The summed E-state index contributed by atoms with van der Waals surface area (Å²) in [7, 11) is 0. The molecule has 4 rings (SSSR count). The van der Waals surface area contributed by atoms with Crippen molar-refractivity contribution in [2.45, 2.75) is 45.7 Å². The van der Waals surface area contributed by atoms with Gasteiger partial charge in [0.1, 0.15) is 5.78 Å². The Kier molecular flexibility index (Phi) is 3.84. The molecule has 1 saturated heterocycles. The fraction of sp³-hybridized carbons (Fsp3) is 0.435. The second-order valence-electron chi connectivity index (χ2n) is 8.87. The number of ketones is 1. The molecule has 2 nitrogen and oxygen atoms in total. The Hall–Kier alpha value is -1.93. The van der Waals surface area contributed by atoms with Gasteiger partial charge >= 0.3 is 0 Å². The van der Waals surface area contributed by atoms with Crippen LogP contribution in [0.25, 0.3) is 0 Å². The van der Waals surface area contributed by atoms with Crippen molar-refractivity contribution in [2.75, 3.05) is 0 Å². The highest BCUT2D eigenvalue weighted by Gasteiger charge is 2.59. The third kappa shape index (κ3) is 2.73. The summed E-state index contributed by atoms with van der Waals surface area (Å²) in [4.78, 5) is 13.2. The van der Waals surface area contributed by atoms with Crippen molar-refractivity contribution in [1.29, 1.82) is 0 Å². The van der Waals surface area contributed by atoms with E-state index in [2.05, 4.69) is 80.7 Å². The van der Waals surface area contributed by atoms with Gasteiger partial charge in [-0.3, -0.25) is 4.79 Å². The molecule has 1 aliphatic heterocycles. The van der Waals surface area contributed by atoms with Gasteiger partial charge in [-0.1, -0.05) is 81.4 Å². The first-order valence-electron chi connectivity index (χ1n) is 9.29. The van der Waals surface area contributed by atoms with Crippen molar-refractivity contribution < 1.29 is 4.79 Å². The zero-order valence-electron chi connectivity index (χ0n) is 15.3. The number of carbonyl (C=O) groups excluding carboxylic acids is 1. The maximum Gasteiger partial charge on any atom is 0.139 e. The number of hydrogen-bond acceptors (Lipinski definition) is 2. The van der Waals surface area contributed by atoms with E-state index in [1.165, 1.54) is 11.1 Å². The average molecular weight is 333 g/mol. The maximum atomic E-state index is 13.2. The molecule has 2 aliphatic rings. The predicted molar refractivity (Wildman–Crippen MR) is 101 cm³/mol. The van der Waals surface area contributed by atoms with Crippen LogP contribution in [-0.2, 0) is 4.79 Å². The van der Waals surface area contributed by atoms with Gasteiger partial charge in [0.2, 0.25) is 0 Å². The van der Waals surface area contributed by atoms with Crippen molar-refractivity contribution in [2.24, 2.45) is 16.7 Å². The number of benzene rings is 2. The van der Waals surface area contributed by atoms with Crippen LogP contribution in [0.4, 0.5) is 0 Å². The van der Waals surface area contributed by atoms with Crippen LogP contribution in [-0.4, -0.2) is 5.78 Å². The monoisotopic (exact) mass is 333 g/mol. The molecule has 0 bridgehead atoms. The van der Waals surface area contributed by atoms with Crippen molar-refractivity contribution in [3.63, 3.8) is 0 Å². The first-order valence-corrected chi connectivity index (χ1v) is 9.29. The van der Waals surface area contributed by atoms with Crippen LogP contribution in [0.3, 0.4) is 0 Å². The Morgan fingerprint density at radius 2 is 1.44 bits per heavy atom. The number of Topliss-reactive ketones (excluding diaryl/α,β-unsaturated/α-hetero) is 1. The zero-order chi connectivity index (χ0) is 17.7. The van der Waals surface area contributed by atoms with E-state index in [9.17, 15) is 4.79 Å². The molecule has 130 valence electrons. The topological polar surface area (TPSA) is 29.1 Å². The van der Waals surface area contributed by atoms with E-state index in [-0.39, 0.29) is 28.8 Å². The van der Waals surface area contributed by atoms with E-state index in [1.54, 1.807) is 0 Å². The van der Waals surface area contributed by atoms with Crippen LogP contribution >= 0.6 is 0 Å². The molecule has 0 aromatic heterocycles. The van der Waals surface area contributed by atoms with Gasteiger partial charge in [0.05, 0.1) is 0 Å². The SMILES string of the molecule is CC1(C)CC(=O)[C@@H]2[C@H](c3ccccc3)N[C@H](c3ccccc3)[C@@]2(C)C1. The molecule has 0 amide bonds. The van der Waals surface area contributed by atoms with Crippen LogP contribution in [0.15, 0.2) is 60.7 Å². The minimum Gasteiger partial charge on any atom is -0.302 e. The molecule has 2 aromatic carbocycles. The molecule has 0 unspecified atom stereocenters. The molecule has 0 spiro atoms. The van der Waals surface area contributed by atoms with E-state index in [1.807, 2.05) is 6.07 Å². The summed E-state index contributed by atoms with van der Waals surface area (Å²) in [5, 5.41) is 3.85. The lowest BCUT2D eigenvalue weighted by molar-refractivity contribution is -0.134. The van der Waals surface area contributed by atoms with Crippen molar-refractivity contribution in [3.05, 3.63) is 71.8 Å². The number of carbonyl (C=O) groups is 1. The summed E-state index contributed by atoms with van der Waals surface area (Å²) in [5.74, 6) is 0.451. The summed E-state index contributed by atoms with van der Waals surface area (Å²) in [6.45, 7) is 6.80. The molecule has 1 saturated carbocycles. The van der Waals surface area contributed by atoms with Gasteiger partial charge in [-0.15, -0.1) is 0 Å². The molecule has 0 radical (unpaired) electrons. The standard InChI is InChI=1S/C23H27NO/c1-22(2)14-18(25)19-20(16-10-6-4-7-11-16)24-21(23(19,3)15-22)17-12-8-5-9-13-17/h4-13,19-21,24H,14-15H2,1-3H3/t19-,20+,21-,23+/m1/s1. The minimum atomic E-state index is -0.0688. The van der Waals surface area contributed by atoms with Crippen LogP contribution in [0.5, 0.6) is 0 Å². The molecule has 2 fully saturated rings. The predicted octanol–water partition coefficient (Wildman–Crippen LogP) is 5.08. The average Bonchev–Trinajstić information content (AvgIpc) is 2.88. The van der Waals surface area contributed by atoms with Gasteiger partial charge in [-0.05, 0) is 28.4 Å². The van der Waals surface area contributed by atoms with Crippen LogP contribution in [0, 0.1) is 16.7 Å². The first-order chi connectivity index (χ1) is 11.9. The molecule has 25 heavy (non-hydrogen) atoms. The lowest BCUT2D eigenvalue weighted by Crippen LogP contribution is -2.44. The number of hydrogen-bond donors (Lipinski definition) is 1. The lowest BCUT2D eigenvalue weighted by atomic mass is 9.55. The summed E-state index contributed by atoms with van der Waals surface area (Å²) in [6.07, 6.45) is 1.74. The zero-order valence-corrected chi connectivity index (χ0v) is 15.3. The van der Waals surface area contributed by atoms with E-state index in [0.717, 1.165) is 6.42 Å². The fourth-order valence-electron chi connectivity index (χ4n) is 5.54. The Labute approximate surface area is 150 Å². The van der Waals surface area contributed by atoms with E-state index < -0.39 is 0 Å². The van der Waals surface area contributed by atoms with Gasteiger partial charge in [0.25, 0.3) is 0 Å². The quantitative estimate of drug-likeness (QED) is 0.830. The highest BCUT2D eigenvalue weighted by atomic mass is 16.1. The summed E-state index contributed by atoms with van der Waals surface area (Å²) in [5.41, 5.74) is 2.51. The van der Waals surface area contributed by atoms with Crippen molar-refractivity contribution in [1.82, 2.24) is 5.32 Å². The minimum absolute atomic E-state index is 0.0353. The third-order valence-electron chi connectivity index (χ3n) is 6.20. The largest absolute Gasteiger partial charge is 0.302 e. The maximum absolute atomic E-state index is 13.2. The van der Waals surface area contributed by atoms with E-state index >= 15 is 0 Å². The second-order valence-corrected chi connectivity index (χ2v) is 8.87. The molecule has 1 N–H and O–H groups in total. The second kappa shape index (κ2) is 5.81. The van der Waals surface area contributed by atoms with Crippen LogP contribution in [0.1, 0.15) is 56.8 Å². The molecular weight excluding hydrogens is 306 g/mol. The summed E-state index contributed by atoms with van der Waals surface area (Å²) >= 11 is 0. The number of fused-ring (bicyclic) bond motifs is 1. The lowest BCUT2D eigenvalue weighted by Gasteiger charge is -2.47. The number of rotatable bonds is 2. The normalized spacial score (nSPS) is 33.9. The first kappa shape index (κ1) is 16.5. The highest BCUT2D eigenvalue weighted by molar-refractivity contribution is 5.85. The molecule has 1 aliphatic carbocycles. The van der Waals surface area contributed by atoms with E-state index in [0.29, 0.717) is 12.2 Å². The summed E-state index contributed by atoms with van der Waals surface area (Å²) in [6, 6.07) is 21.4. The Morgan fingerprint density at radius 1 is 0.880 bits per heavy atom. The summed E-state index contributed by atoms with van der Waals surface area (Å²) < 4.78 is 0. The molecular formula is C23H27NO. The Balaban J connectivity index is 1.82. The molecule has 2 aromatic rings. The number of nitrogens with one attached hydrogen (secondary N) is 1. The van der Waals surface area contributed by atoms with Crippen LogP contribution < -0.4 is 5.32 Å². The molecule has 1 heterocycles. The van der Waals surface area contributed by atoms with Crippen LogP contribution in [0.2, 0.25) is 0 Å². The van der Waals surface area contributed by atoms with Crippen molar-refractivity contribution in [3.8, 4) is 0 Å². The van der Waals surface area contributed by atoms with Gasteiger partial charge in [0, 0.05) is 24.4 Å². The van der Waals surface area contributed by atoms with Gasteiger partial charge in [0.15, 0.2) is 0 Å². The molecule has 2 heteroatoms. The van der Waals surface area contributed by atoms with Gasteiger partial charge in [-0.2, -0.15) is 0 Å². The van der Waals surface area contributed by atoms with Gasteiger partial charge < -0.3 is 5.32 Å². The van der Waals surface area contributed by atoms with E-state index in [4.69, 9.17) is 0 Å².